The van der Waals surface area contributed by atoms with Crippen LogP contribution in [0.3, 0.4) is 0 Å². The summed E-state index contributed by atoms with van der Waals surface area (Å²) in [6, 6.07) is 6.96. The van der Waals surface area contributed by atoms with E-state index in [-0.39, 0.29) is 18.7 Å². The van der Waals surface area contributed by atoms with E-state index in [0.29, 0.717) is 5.02 Å². The lowest BCUT2D eigenvalue weighted by molar-refractivity contribution is -0.126. The van der Waals surface area contributed by atoms with Crippen LogP contribution in [0.4, 0.5) is 0 Å². The number of hydrazine groups is 1. The third-order valence-corrected chi connectivity index (χ3v) is 2.26. The van der Waals surface area contributed by atoms with Gasteiger partial charge in [0.2, 0.25) is 11.8 Å². The number of benzene rings is 1. The largest absolute Gasteiger partial charge is 0.294 e. The molecular formula is C11H13ClN4O2. The van der Waals surface area contributed by atoms with Gasteiger partial charge in [-0.05, 0) is 17.7 Å². The molecule has 0 heterocycles. The van der Waals surface area contributed by atoms with Gasteiger partial charge in [-0.25, -0.2) is 11.3 Å². The number of hydrazone groups is 1. The Labute approximate surface area is 109 Å². The van der Waals surface area contributed by atoms with Crippen molar-refractivity contribution in [2.24, 2.45) is 10.9 Å². The molecule has 18 heavy (non-hydrogen) atoms. The first-order chi connectivity index (χ1) is 8.61. The maximum atomic E-state index is 11.2. The van der Waals surface area contributed by atoms with Crippen LogP contribution in [0.1, 0.15) is 18.4 Å². The van der Waals surface area contributed by atoms with E-state index in [9.17, 15) is 9.59 Å². The second-order valence-electron chi connectivity index (χ2n) is 3.41. The van der Waals surface area contributed by atoms with Crippen molar-refractivity contribution in [2.45, 2.75) is 12.8 Å². The molecule has 6 nitrogen and oxygen atoms in total. The summed E-state index contributed by atoms with van der Waals surface area (Å²) < 4.78 is 0. The Bertz CT molecular complexity index is 445. The molecule has 0 aliphatic carbocycles. The van der Waals surface area contributed by atoms with E-state index in [1.165, 1.54) is 6.21 Å². The first-order valence-electron chi connectivity index (χ1n) is 5.18. The zero-order valence-electron chi connectivity index (χ0n) is 9.52. The van der Waals surface area contributed by atoms with Crippen LogP contribution in [0, 0.1) is 0 Å². The number of halogens is 1. The number of nitrogens with one attached hydrogen (secondary N) is 2. The van der Waals surface area contributed by atoms with Crippen molar-refractivity contribution in [1.82, 2.24) is 10.9 Å². The van der Waals surface area contributed by atoms with Gasteiger partial charge in [0.25, 0.3) is 0 Å². The molecule has 0 unspecified atom stereocenters. The first kappa shape index (κ1) is 14.1. The van der Waals surface area contributed by atoms with Crippen molar-refractivity contribution in [3.8, 4) is 0 Å². The standard InChI is InChI=1S/C11H13ClN4O2/c12-9-3-1-8(2-4-9)7-14-16-11(18)6-5-10(17)15-13/h1-4,7H,5-6,13H2,(H,15,17)(H,16,18)/b14-7-. The van der Waals surface area contributed by atoms with Crippen molar-refractivity contribution in [3.05, 3.63) is 34.9 Å². The Morgan fingerprint density at radius 2 is 1.83 bits per heavy atom. The van der Waals surface area contributed by atoms with Gasteiger partial charge in [0.15, 0.2) is 0 Å². The van der Waals surface area contributed by atoms with Crippen molar-refractivity contribution >= 4 is 29.6 Å². The molecule has 0 saturated carbocycles. The Kier molecular flexibility index (Phi) is 5.83. The van der Waals surface area contributed by atoms with E-state index >= 15 is 0 Å². The van der Waals surface area contributed by atoms with Gasteiger partial charge in [-0.2, -0.15) is 5.10 Å². The van der Waals surface area contributed by atoms with E-state index in [2.05, 4.69) is 10.5 Å². The fourth-order valence-electron chi connectivity index (χ4n) is 1.08. The minimum atomic E-state index is -0.396. The Hall–Kier alpha value is -1.92. The first-order valence-corrected chi connectivity index (χ1v) is 5.56. The van der Waals surface area contributed by atoms with Crippen molar-refractivity contribution < 1.29 is 9.59 Å². The molecule has 0 fully saturated rings. The van der Waals surface area contributed by atoms with Crippen molar-refractivity contribution in [3.63, 3.8) is 0 Å². The molecular weight excluding hydrogens is 256 g/mol. The predicted octanol–water partition coefficient (Wildman–Crippen LogP) is 0.560. The molecule has 0 spiro atoms. The topological polar surface area (TPSA) is 96.6 Å². The number of amides is 2. The normalized spacial score (nSPS) is 10.3. The Morgan fingerprint density at radius 1 is 1.22 bits per heavy atom. The maximum Gasteiger partial charge on any atom is 0.240 e. The van der Waals surface area contributed by atoms with Gasteiger partial charge in [0.1, 0.15) is 0 Å². The van der Waals surface area contributed by atoms with E-state index in [0.717, 1.165) is 5.56 Å². The molecule has 1 aromatic rings. The van der Waals surface area contributed by atoms with Crippen LogP contribution in [0.2, 0.25) is 5.02 Å². The summed E-state index contributed by atoms with van der Waals surface area (Å²) in [4.78, 5) is 22.0. The fraction of sp³-hybridized carbons (Fsp3) is 0.182. The average Bonchev–Trinajstić information content (AvgIpc) is 2.38. The van der Waals surface area contributed by atoms with Crippen molar-refractivity contribution in [2.75, 3.05) is 0 Å². The van der Waals surface area contributed by atoms with Gasteiger partial charge in [-0.15, -0.1) is 0 Å². The minimum absolute atomic E-state index is 0.0266. The lowest BCUT2D eigenvalue weighted by atomic mass is 10.2. The SMILES string of the molecule is NNC(=O)CCC(=O)N/N=C\c1ccc(Cl)cc1. The van der Waals surface area contributed by atoms with E-state index in [1.54, 1.807) is 24.3 Å². The summed E-state index contributed by atoms with van der Waals surface area (Å²) in [5, 5.41) is 4.37. The predicted molar refractivity (Wildman–Crippen MR) is 68.8 cm³/mol. The van der Waals surface area contributed by atoms with Gasteiger partial charge in [-0.1, -0.05) is 23.7 Å². The van der Waals surface area contributed by atoms with Crippen LogP contribution in [0.5, 0.6) is 0 Å². The molecule has 0 aromatic heterocycles. The lowest BCUT2D eigenvalue weighted by Crippen LogP contribution is -2.31. The van der Waals surface area contributed by atoms with Gasteiger partial charge < -0.3 is 0 Å². The Morgan fingerprint density at radius 3 is 2.44 bits per heavy atom. The zero-order valence-corrected chi connectivity index (χ0v) is 10.3. The number of hydrogen-bond acceptors (Lipinski definition) is 4. The van der Waals surface area contributed by atoms with Crippen LogP contribution < -0.4 is 16.7 Å². The number of nitrogens with two attached hydrogens (primary N) is 1. The van der Waals surface area contributed by atoms with Crippen LogP contribution in [0.15, 0.2) is 29.4 Å². The molecule has 0 radical (unpaired) electrons. The third kappa shape index (κ3) is 5.42. The second-order valence-corrected chi connectivity index (χ2v) is 3.85. The fourth-order valence-corrected chi connectivity index (χ4v) is 1.21. The van der Waals surface area contributed by atoms with Crippen LogP contribution in [-0.2, 0) is 9.59 Å². The smallest absolute Gasteiger partial charge is 0.240 e. The highest BCUT2D eigenvalue weighted by atomic mass is 35.5. The van der Waals surface area contributed by atoms with Crippen LogP contribution >= 0.6 is 11.6 Å². The molecule has 96 valence electrons. The molecule has 0 atom stereocenters. The molecule has 0 aliphatic rings. The van der Waals surface area contributed by atoms with E-state index < -0.39 is 5.91 Å². The zero-order chi connectivity index (χ0) is 13.4. The summed E-state index contributed by atoms with van der Waals surface area (Å²) in [6.45, 7) is 0. The van der Waals surface area contributed by atoms with Gasteiger partial charge >= 0.3 is 0 Å². The summed E-state index contributed by atoms with van der Waals surface area (Å²) in [5.74, 6) is 4.12. The second kappa shape index (κ2) is 7.41. The highest BCUT2D eigenvalue weighted by molar-refractivity contribution is 6.30. The molecule has 0 aliphatic heterocycles. The monoisotopic (exact) mass is 268 g/mol. The van der Waals surface area contributed by atoms with Gasteiger partial charge in [0.05, 0.1) is 6.21 Å². The number of rotatable bonds is 5. The number of nitrogens with zero attached hydrogens (tertiary/aromatic N) is 1. The van der Waals surface area contributed by atoms with Crippen LogP contribution in [-0.4, -0.2) is 18.0 Å². The third-order valence-electron chi connectivity index (χ3n) is 2.01. The Balaban J connectivity index is 2.33. The average molecular weight is 269 g/mol. The quantitative estimate of drug-likeness (QED) is 0.315. The molecule has 1 aromatic carbocycles. The maximum absolute atomic E-state index is 11.2. The minimum Gasteiger partial charge on any atom is -0.294 e. The number of carbonyl (C=O) groups excluding carboxylic acids is 2. The molecule has 1 rings (SSSR count). The van der Waals surface area contributed by atoms with Crippen LogP contribution in [0.25, 0.3) is 0 Å². The van der Waals surface area contributed by atoms with Gasteiger partial charge in [-0.3, -0.25) is 15.0 Å². The molecule has 0 bridgehead atoms. The van der Waals surface area contributed by atoms with Gasteiger partial charge in [0, 0.05) is 17.9 Å². The summed E-state index contributed by atoms with van der Waals surface area (Å²) in [6.07, 6.45) is 1.54. The molecule has 0 saturated heterocycles. The summed E-state index contributed by atoms with van der Waals surface area (Å²) in [7, 11) is 0. The summed E-state index contributed by atoms with van der Waals surface area (Å²) >= 11 is 5.72. The highest BCUT2D eigenvalue weighted by Gasteiger charge is 2.03. The lowest BCUT2D eigenvalue weighted by Gasteiger charge is -1.99. The van der Waals surface area contributed by atoms with Crippen molar-refractivity contribution in [1.29, 1.82) is 0 Å². The van der Waals surface area contributed by atoms with E-state index in [1.807, 2.05) is 5.43 Å². The molecule has 2 amide bonds. The highest BCUT2D eigenvalue weighted by Crippen LogP contribution is 2.07. The number of carbonyl (C=O) groups is 2. The van der Waals surface area contributed by atoms with E-state index in [4.69, 9.17) is 17.4 Å². The number of hydrogen-bond donors (Lipinski definition) is 3. The molecule has 4 N–H and O–H groups in total. The molecule has 7 heteroatoms. The summed E-state index contributed by atoms with van der Waals surface area (Å²) in [5.41, 5.74) is 5.04.